The zero-order valence-electron chi connectivity index (χ0n) is 7.69. The van der Waals surface area contributed by atoms with Crippen molar-refractivity contribution in [1.29, 1.82) is 0 Å². The zero-order valence-corrected chi connectivity index (χ0v) is 7.69. The molecule has 0 aliphatic heterocycles. The van der Waals surface area contributed by atoms with Crippen molar-refractivity contribution in [2.24, 2.45) is 16.6 Å². The smallest absolute Gasteiger partial charge is 0.00492 e. The lowest BCUT2D eigenvalue weighted by atomic mass is 9.69. The van der Waals surface area contributed by atoms with Crippen LogP contribution < -0.4 is 5.73 Å². The fourth-order valence-electron chi connectivity index (χ4n) is 3.50. The van der Waals surface area contributed by atoms with Crippen molar-refractivity contribution < 1.29 is 0 Å². The Morgan fingerprint density at radius 1 is 1.09 bits per heavy atom. The molecule has 1 nitrogen and oxygen atoms in total. The highest BCUT2D eigenvalue weighted by atomic mass is 14.7. The van der Waals surface area contributed by atoms with Crippen molar-refractivity contribution in [3.63, 3.8) is 0 Å². The fraction of sp³-hybridized carbons (Fsp3) is 1.00. The molecule has 0 aromatic rings. The van der Waals surface area contributed by atoms with Gasteiger partial charge in [-0.1, -0.05) is 13.8 Å². The van der Waals surface area contributed by atoms with Crippen LogP contribution in [-0.2, 0) is 0 Å². The third kappa shape index (κ3) is 1.20. The molecule has 1 heteroatoms. The van der Waals surface area contributed by atoms with Gasteiger partial charge in [-0.3, -0.25) is 0 Å². The van der Waals surface area contributed by atoms with E-state index in [-0.39, 0.29) is 0 Å². The maximum Gasteiger partial charge on any atom is 0.00492 e. The molecule has 2 bridgehead atoms. The number of nitrogens with two attached hydrogens (primary N) is 1. The Hall–Kier alpha value is -0.0400. The van der Waals surface area contributed by atoms with Crippen molar-refractivity contribution >= 4 is 0 Å². The molecule has 64 valence electrons. The van der Waals surface area contributed by atoms with Gasteiger partial charge in [-0.25, -0.2) is 0 Å². The van der Waals surface area contributed by atoms with E-state index in [1.807, 2.05) is 0 Å². The van der Waals surface area contributed by atoms with E-state index in [9.17, 15) is 0 Å². The second kappa shape index (κ2) is 2.01. The Labute approximate surface area is 69.4 Å². The number of hydrogen-bond acceptors (Lipinski definition) is 1. The Morgan fingerprint density at radius 2 is 1.55 bits per heavy atom. The molecule has 2 aliphatic rings. The predicted octanol–water partition coefficient (Wildman–Crippen LogP) is 2.30. The van der Waals surface area contributed by atoms with Crippen molar-refractivity contribution in [2.45, 2.75) is 52.0 Å². The first-order chi connectivity index (χ1) is 5.02. The van der Waals surface area contributed by atoms with E-state index in [4.69, 9.17) is 5.73 Å². The molecule has 0 spiro atoms. The van der Waals surface area contributed by atoms with Crippen LogP contribution in [0.25, 0.3) is 0 Å². The number of rotatable bonds is 0. The lowest BCUT2D eigenvalue weighted by molar-refractivity contribution is 0.151. The molecule has 0 radical (unpaired) electrons. The largest absolute Gasteiger partial charge is 0.328 e. The molecular weight excluding hydrogens is 134 g/mol. The summed E-state index contributed by atoms with van der Waals surface area (Å²) in [5, 5.41) is 0. The Morgan fingerprint density at radius 3 is 2.00 bits per heavy atom. The third-order valence-corrected chi connectivity index (χ3v) is 3.70. The highest BCUT2D eigenvalue weighted by Gasteiger charge is 2.47. The maximum absolute atomic E-state index is 6.03. The normalized spacial score (nSPS) is 56.5. The molecule has 2 N–H and O–H groups in total. The first kappa shape index (κ1) is 7.60. The van der Waals surface area contributed by atoms with E-state index in [1.165, 1.54) is 32.1 Å². The minimum atomic E-state index is 0.487. The van der Waals surface area contributed by atoms with Crippen LogP contribution in [0, 0.1) is 10.8 Å². The summed E-state index contributed by atoms with van der Waals surface area (Å²) in [6, 6.07) is 0.487. The lowest BCUT2D eigenvalue weighted by Crippen LogP contribution is -2.37. The molecule has 2 atom stereocenters. The van der Waals surface area contributed by atoms with Crippen LogP contribution in [0.4, 0.5) is 0 Å². The Kier molecular flexibility index (Phi) is 1.39. The zero-order chi connectivity index (χ0) is 8.11. The maximum atomic E-state index is 6.03. The summed E-state index contributed by atoms with van der Waals surface area (Å²) in [7, 11) is 0. The minimum Gasteiger partial charge on any atom is -0.328 e. The van der Waals surface area contributed by atoms with Gasteiger partial charge < -0.3 is 5.73 Å². The highest BCUT2D eigenvalue weighted by Crippen LogP contribution is 2.57. The minimum absolute atomic E-state index is 0.487. The van der Waals surface area contributed by atoms with Gasteiger partial charge in [0, 0.05) is 6.04 Å². The quantitative estimate of drug-likeness (QED) is 0.568. The van der Waals surface area contributed by atoms with Crippen molar-refractivity contribution in [2.75, 3.05) is 0 Å². The summed E-state index contributed by atoms with van der Waals surface area (Å²) >= 11 is 0. The highest BCUT2D eigenvalue weighted by molar-refractivity contribution is 5.00. The molecule has 11 heavy (non-hydrogen) atoms. The summed E-state index contributed by atoms with van der Waals surface area (Å²) in [5.74, 6) is 0. The van der Waals surface area contributed by atoms with Crippen molar-refractivity contribution in [3.05, 3.63) is 0 Å². The summed E-state index contributed by atoms with van der Waals surface area (Å²) in [6.07, 6.45) is 6.79. The summed E-state index contributed by atoms with van der Waals surface area (Å²) in [6.45, 7) is 4.83. The van der Waals surface area contributed by atoms with Gasteiger partial charge in [-0.05, 0) is 42.9 Å². The number of hydrogen-bond donors (Lipinski definition) is 1. The molecule has 0 aromatic carbocycles. The van der Waals surface area contributed by atoms with Crippen LogP contribution >= 0.6 is 0 Å². The summed E-state index contributed by atoms with van der Waals surface area (Å²) in [4.78, 5) is 0. The van der Waals surface area contributed by atoms with Crippen LogP contribution in [0.1, 0.15) is 46.0 Å². The molecule has 2 saturated carbocycles. The average Bonchev–Trinajstić information content (AvgIpc) is 2.01. The Balaban J connectivity index is 2.21. The molecule has 2 aliphatic carbocycles. The topological polar surface area (TPSA) is 26.0 Å². The molecule has 2 rings (SSSR count). The van der Waals surface area contributed by atoms with Crippen molar-refractivity contribution in [3.8, 4) is 0 Å². The third-order valence-electron chi connectivity index (χ3n) is 3.70. The van der Waals surface area contributed by atoms with E-state index >= 15 is 0 Å². The second-order valence-corrected chi connectivity index (χ2v) is 5.47. The SMILES string of the molecule is CC12CCC(C)(CC(N)C1)C2. The molecule has 0 amide bonds. The van der Waals surface area contributed by atoms with Gasteiger partial charge in [-0.2, -0.15) is 0 Å². The summed E-state index contributed by atoms with van der Waals surface area (Å²) in [5.41, 5.74) is 7.23. The summed E-state index contributed by atoms with van der Waals surface area (Å²) < 4.78 is 0. The van der Waals surface area contributed by atoms with Crippen LogP contribution in [0.3, 0.4) is 0 Å². The van der Waals surface area contributed by atoms with Gasteiger partial charge in [0.1, 0.15) is 0 Å². The van der Waals surface area contributed by atoms with Gasteiger partial charge in [-0.15, -0.1) is 0 Å². The first-order valence-corrected chi connectivity index (χ1v) is 4.77. The van der Waals surface area contributed by atoms with Gasteiger partial charge in [0.25, 0.3) is 0 Å². The first-order valence-electron chi connectivity index (χ1n) is 4.77. The van der Waals surface area contributed by atoms with Crippen molar-refractivity contribution in [1.82, 2.24) is 0 Å². The van der Waals surface area contributed by atoms with Crippen LogP contribution in [-0.4, -0.2) is 6.04 Å². The number of fused-ring (bicyclic) bond motifs is 2. The standard InChI is InChI=1S/C10H19N/c1-9-3-4-10(2,7-9)6-8(11)5-9/h8H,3-7,11H2,1-2H3. The second-order valence-electron chi connectivity index (χ2n) is 5.47. The molecular formula is C10H19N. The van der Waals surface area contributed by atoms with E-state index in [1.54, 1.807) is 0 Å². The van der Waals surface area contributed by atoms with E-state index in [0.29, 0.717) is 16.9 Å². The van der Waals surface area contributed by atoms with E-state index in [0.717, 1.165) is 0 Å². The molecule has 2 unspecified atom stereocenters. The Bertz CT molecular complexity index is 160. The van der Waals surface area contributed by atoms with Crippen LogP contribution in [0.2, 0.25) is 0 Å². The average molecular weight is 153 g/mol. The molecule has 0 heterocycles. The van der Waals surface area contributed by atoms with Gasteiger partial charge in [0.05, 0.1) is 0 Å². The molecule has 0 saturated heterocycles. The van der Waals surface area contributed by atoms with Gasteiger partial charge >= 0.3 is 0 Å². The van der Waals surface area contributed by atoms with Gasteiger partial charge in [0.2, 0.25) is 0 Å². The van der Waals surface area contributed by atoms with Gasteiger partial charge in [0.15, 0.2) is 0 Å². The lowest BCUT2D eigenvalue weighted by Gasteiger charge is -2.38. The van der Waals surface area contributed by atoms with Crippen LogP contribution in [0.5, 0.6) is 0 Å². The van der Waals surface area contributed by atoms with E-state index in [2.05, 4.69) is 13.8 Å². The van der Waals surface area contributed by atoms with Crippen LogP contribution in [0.15, 0.2) is 0 Å². The molecule has 0 aromatic heterocycles. The fourth-order valence-corrected chi connectivity index (χ4v) is 3.50. The molecule has 2 fully saturated rings. The predicted molar refractivity (Wildman–Crippen MR) is 47.3 cm³/mol. The van der Waals surface area contributed by atoms with E-state index < -0.39 is 0 Å². The monoisotopic (exact) mass is 153 g/mol.